The lowest BCUT2D eigenvalue weighted by Gasteiger charge is -2.39. The van der Waals surface area contributed by atoms with Crippen LogP contribution < -0.4 is 4.90 Å². The monoisotopic (exact) mass is 314 g/mol. The van der Waals surface area contributed by atoms with E-state index in [1.54, 1.807) is 6.07 Å². The largest absolute Gasteiger partial charge is 0.465 e. The molecule has 0 aliphatic carbocycles. The molecule has 0 spiro atoms. The van der Waals surface area contributed by atoms with Crippen molar-refractivity contribution >= 4 is 17.5 Å². The molecule has 0 saturated carbocycles. The number of anilines is 2. The second-order valence-corrected chi connectivity index (χ2v) is 5.69. The number of hydrogen-bond acceptors (Lipinski definition) is 2. The number of para-hydroxylation sites is 1. The maximum absolute atomic E-state index is 13.7. The standard InChI is InChI=1S/C18H19FN2O2/c19-14-5-4-8-17(13-14)21(15-6-2-1-3-7-15)16-9-11-20(12-10-16)18(22)23/h1-8,13,16H,9-12H2,(H,22,23). The van der Waals surface area contributed by atoms with Crippen molar-refractivity contribution in [3.05, 3.63) is 60.4 Å². The van der Waals surface area contributed by atoms with Crippen LogP contribution in [0.4, 0.5) is 20.6 Å². The highest BCUT2D eigenvalue weighted by Gasteiger charge is 2.28. The fourth-order valence-corrected chi connectivity index (χ4v) is 3.10. The highest BCUT2D eigenvalue weighted by atomic mass is 19.1. The van der Waals surface area contributed by atoms with Gasteiger partial charge >= 0.3 is 6.09 Å². The van der Waals surface area contributed by atoms with E-state index in [2.05, 4.69) is 4.90 Å². The molecule has 1 amide bonds. The Morgan fingerprint density at radius 2 is 1.70 bits per heavy atom. The average molecular weight is 314 g/mol. The number of likely N-dealkylation sites (tertiary alicyclic amines) is 1. The van der Waals surface area contributed by atoms with Gasteiger partial charge in [0.05, 0.1) is 0 Å². The summed E-state index contributed by atoms with van der Waals surface area (Å²) in [6.45, 7) is 0.997. The maximum atomic E-state index is 13.7. The van der Waals surface area contributed by atoms with Gasteiger partial charge in [-0.05, 0) is 43.2 Å². The van der Waals surface area contributed by atoms with Crippen LogP contribution in [0.5, 0.6) is 0 Å². The Morgan fingerprint density at radius 1 is 1.04 bits per heavy atom. The average Bonchev–Trinajstić information content (AvgIpc) is 2.57. The number of benzene rings is 2. The molecule has 1 aliphatic rings. The summed E-state index contributed by atoms with van der Waals surface area (Å²) in [5.41, 5.74) is 1.79. The predicted molar refractivity (Wildman–Crippen MR) is 87.6 cm³/mol. The van der Waals surface area contributed by atoms with Gasteiger partial charge in [-0.2, -0.15) is 0 Å². The molecular formula is C18H19FN2O2. The van der Waals surface area contributed by atoms with Gasteiger partial charge in [0.25, 0.3) is 0 Å². The van der Waals surface area contributed by atoms with E-state index in [0.717, 1.165) is 24.2 Å². The Morgan fingerprint density at radius 3 is 2.30 bits per heavy atom. The van der Waals surface area contributed by atoms with Gasteiger partial charge in [0.1, 0.15) is 5.82 Å². The zero-order valence-electron chi connectivity index (χ0n) is 12.7. The fourth-order valence-electron chi connectivity index (χ4n) is 3.10. The number of halogens is 1. The van der Waals surface area contributed by atoms with Crippen molar-refractivity contribution in [1.82, 2.24) is 4.90 Å². The van der Waals surface area contributed by atoms with Crippen LogP contribution in [-0.4, -0.2) is 35.2 Å². The molecule has 2 aromatic rings. The predicted octanol–water partition coefficient (Wildman–Crippen LogP) is 4.11. The van der Waals surface area contributed by atoms with Crippen LogP contribution in [0.3, 0.4) is 0 Å². The zero-order valence-corrected chi connectivity index (χ0v) is 12.7. The molecule has 4 nitrogen and oxygen atoms in total. The van der Waals surface area contributed by atoms with E-state index in [-0.39, 0.29) is 11.9 Å². The molecule has 120 valence electrons. The Balaban J connectivity index is 1.89. The van der Waals surface area contributed by atoms with Crippen LogP contribution in [0.25, 0.3) is 0 Å². The lowest BCUT2D eigenvalue weighted by atomic mass is 10.0. The van der Waals surface area contributed by atoms with Crippen LogP contribution in [0, 0.1) is 5.82 Å². The Labute approximate surface area is 134 Å². The Kier molecular flexibility index (Phi) is 4.46. The first-order chi connectivity index (χ1) is 11.1. The highest BCUT2D eigenvalue weighted by molar-refractivity contribution is 5.66. The van der Waals surface area contributed by atoms with Gasteiger partial charge in [0, 0.05) is 30.5 Å². The Bertz CT molecular complexity index is 670. The number of carboxylic acid groups (broad SMARTS) is 1. The normalized spacial score (nSPS) is 15.4. The zero-order chi connectivity index (χ0) is 16.2. The summed E-state index contributed by atoms with van der Waals surface area (Å²) in [7, 11) is 0. The van der Waals surface area contributed by atoms with Gasteiger partial charge < -0.3 is 14.9 Å². The van der Waals surface area contributed by atoms with Gasteiger partial charge in [0.15, 0.2) is 0 Å². The minimum atomic E-state index is -0.875. The topological polar surface area (TPSA) is 43.8 Å². The number of nitrogens with zero attached hydrogens (tertiary/aromatic N) is 2. The van der Waals surface area contributed by atoms with Crippen LogP contribution >= 0.6 is 0 Å². The number of carbonyl (C=O) groups is 1. The van der Waals surface area contributed by atoms with Crippen molar-refractivity contribution in [2.45, 2.75) is 18.9 Å². The molecular weight excluding hydrogens is 295 g/mol. The lowest BCUT2D eigenvalue weighted by Crippen LogP contribution is -2.45. The molecule has 2 aromatic carbocycles. The highest BCUT2D eigenvalue weighted by Crippen LogP contribution is 2.32. The first-order valence-corrected chi connectivity index (χ1v) is 7.73. The summed E-state index contributed by atoms with van der Waals surface area (Å²) in [5.74, 6) is -0.272. The number of rotatable bonds is 3. The van der Waals surface area contributed by atoms with E-state index in [4.69, 9.17) is 5.11 Å². The summed E-state index contributed by atoms with van der Waals surface area (Å²) >= 11 is 0. The van der Waals surface area contributed by atoms with Crippen molar-refractivity contribution in [2.24, 2.45) is 0 Å². The van der Waals surface area contributed by atoms with Crippen LogP contribution in [0.15, 0.2) is 54.6 Å². The summed E-state index contributed by atoms with van der Waals surface area (Å²) in [5, 5.41) is 9.10. The second-order valence-electron chi connectivity index (χ2n) is 5.69. The molecule has 3 rings (SSSR count). The molecule has 0 radical (unpaired) electrons. The third-order valence-corrected chi connectivity index (χ3v) is 4.22. The summed E-state index contributed by atoms with van der Waals surface area (Å²) in [6.07, 6.45) is 0.565. The van der Waals surface area contributed by atoms with Crippen molar-refractivity contribution in [2.75, 3.05) is 18.0 Å². The van der Waals surface area contributed by atoms with Gasteiger partial charge in [-0.15, -0.1) is 0 Å². The summed E-state index contributed by atoms with van der Waals surface area (Å²) in [6, 6.07) is 16.5. The molecule has 5 heteroatoms. The molecule has 1 N–H and O–H groups in total. The fraction of sp³-hybridized carbons (Fsp3) is 0.278. The van der Waals surface area contributed by atoms with Crippen molar-refractivity contribution in [3.63, 3.8) is 0 Å². The molecule has 23 heavy (non-hydrogen) atoms. The van der Waals surface area contributed by atoms with Gasteiger partial charge in [0.2, 0.25) is 0 Å². The number of piperidine rings is 1. The quantitative estimate of drug-likeness (QED) is 0.927. The van der Waals surface area contributed by atoms with Crippen molar-refractivity contribution < 1.29 is 14.3 Å². The molecule has 0 bridgehead atoms. The Hall–Kier alpha value is -2.56. The van der Waals surface area contributed by atoms with Crippen LogP contribution in [0.1, 0.15) is 12.8 Å². The summed E-state index contributed by atoms with van der Waals surface area (Å²) in [4.78, 5) is 14.6. The third kappa shape index (κ3) is 3.44. The van der Waals surface area contributed by atoms with Gasteiger partial charge in [-0.3, -0.25) is 0 Å². The number of amides is 1. The molecule has 1 fully saturated rings. The molecule has 0 aromatic heterocycles. The van der Waals surface area contributed by atoms with Crippen molar-refractivity contribution in [3.8, 4) is 0 Å². The lowest BCUT2D eigenvalue weighted by molar-refractivity contribution is 0.132. The van der Waals surface area contributed by atoms with Crippen LogP contribution in [0.2, 0.25) is 0 Å². The maximum Gasteiger partial charge on any atom is 0.407 e. The van der Waals surface area contributed by atoms with E-state index in [0.29, 0.717) is 13.1 Å². The van der Waals surface area contributed by atoms with E-state index in [1.165, 1.54) is 17.0 Å². The van der Waals surface area contributed by atoms with Crippen molar-refractivity contribution in [1.29, 1.82) is 0 Å². The van der Waals surface area contributed by atoms with E-state index >= 15 is 0 Å². The molecule has 0 unspecified atom stereocenters. The van der Waals surface area contributed by atoms with Gasteiger partial charge in [-0.1, -0.05) is 24.3 Å². The number of hydrogen-bond donors (Lipinski definition) is 1. The van der Waals surface area contributed by atoms with E-state index in [1.807, 2.05) is 36.4 Å². The molecule has 0 atom stereocenters. The molecule has 1 heterocycles. The first kappa shape index (κ1) is 15.3. The smallest absolute Gasteiger partial charge is 0.407 e. The second kappa shape index (κ2) is 6.69. The van der Waals surface area contributed by atoms with E-state index < -0.39 is 6.09 Å². The van der Waals surface area contributed by atoms with E-state index in [9.17, 15) is 9.18 Å². The van der Waals surface area contributed by atoms with Crippen LogP contribution in [-0.2, 0) is 0 Å². The van der Waals surface area contributed by atoms with Gasteiger partial charge in [-0.25, -0.2) is 9.18 Å². The minimum Gasteiger partial charge on any atom is -0.465 e. The summed E-state index contributed by atoms with van der Waals surface area (Å²) < 4.78 is 13.7. The minimum absolute atomic E-state index is 0.148. The molecule has 1 saturated heterocycles. The SMILES string of the molecule is O=C(O)N1CCC(N(c2ccccc2)c2cccc(F)c2)CC1. The first-order valence-electron chi connectivity index (χ1n) is 7.73. The molecule has 1 aliphatic heterocycles. The third-order valence-electron chi connectivity index (χ3n) is 4.22.